The molecule has 4 rings (SSSR count). The predicted molar refractivity (Wildman–Crippen MR) is 114 cm³/mol. The second-order valence-electron chi connectivity index (χ2n) is 7.11. The van der Waals surface area contributed by atoms with E-state index in [1.807, 2.05) is 73.7 Å². The lowest BCUT2D eigenvalue weighted by molar-refractivity contribution is -0.117. The van der Waals surface area contributed by atoms with E-state index in [0.717, 1.165) is 40.8 Å². The van der Waals surface area contributed by atoms with Gasteiger partial charge in [-0.25, -0.2) is 0 Å². The summed E-state index contributed by atoms with van der Waals surface area (Å²) in [5.41, 5.74) is 2.53. The molecule has 5 heteroatoms. The Morgan fingerprint density at radius 2 is 1.68 bits per heavy atom. The Morgan fingerprint density at radius 3 is 2.39 bits per heavy atom. The van der Waals surface area contributed by atoms with Gasteiger partial charge in [-0.3, -0.25) is 9.59 Å². The van der Waals surface area contributed by atoms with Gasteiger partial charge < -0.3 is 15.5 Å². The van der Waals surface area contributed by atoms with Crippen molar-refractivity contribution >= 4 is 39.6 Å². The summed E-state index contributed by atoms with van der Waals surface area (Å²) in [5.74, 6) is 0.0675. The van der Waals surface area contributed by atoms with Crippen molar-refractivity contribution in [1.29, 1.82) is 0 Å². The van der Waals surface area contributed by atoms with E-state index in [-0.39, 0.29) is 11.8 Å². The molecule has 0 aliphatic carbocycles. The minimum Gasteiger partial charge on any atom is -0.374 e. The highest BCUT2D eigenvalue weighted by Crippen LogP contribution is 2.23. The van der Waals surface area contributed by atoms with Gasteiger partial charge in [-0.2, -0.15) is 0 Å². The Balaban J connectivity index is 1.39. The maximum atomic E-state index is 12.5. The lowest BCUT2D eigenvalue weighted by atomic mass is 10.1. The van der Waals surface area contributed by atoms with Crippen LogP contribution in [0, 0.1) is 0 Å². The van der Waals surface area contributed by atoms with Crippen LogP contribution in [0.2, 0.25) is 0 Å². The first-order valence-electron chi connectivity index (χ1n) is 9.57. The van der Waals surface area contributed by atoms with E-state index >= 15 is 0 Å². The van der Waals surface area contributed by atoms with Crippen molar-refractivity contribution in [2.45, 2.75) is 25.8 Å². The fourth-order valence-corrected chi connectivity index (χ4v) is 3.49. The number of rotatable bonds is 5. The highest BCUT2D eigenvalue weighted by Gasteiger charge is 2.21. The van der Waals surface area contributed by atoms with E-state index in [2.05, 4.69) is 10.6 Å². The molecule has 3 aromatic carbocycles. The van der Waals surface area contributed by atoms with Crippen LogP contribution in [-0.2, 0) is 9.59 Å². The number of carbonyl (C=O) groups excluding carboxylic acids is 2. The molecule has 1 aliphatic heterocycles. The minimum atomic E-state index is -0.397. The number of fused-ring (bicyclic) bond motifs is 1. The Kier molecular flexibility index (Phi) is 4.98. The van der Waals surface area contributed by atoms with Crippen molar-refractivity contribution in [1.82, 2.24) is 0 Å². The summed E-state index contributed by atoms with van der Waals surface area (Å²) >= 11 is 0. The van der Waals surface area contributed by atoms with Crippen LogP contribution in [0.1, 0.15) is 19.8 Å². The summed E-state index contributed by atoms with van der Waals surface area (Å²) in [4.78, 5) is 26.2. The number of hydrogen-bond donors (Lipinski definition) is 2. The van der Waals surface area contributed by atoms with Gasteiger partial charge in [-0.05, 0) is 60.5 Å². The van der Waals surface area contributed by atoms with Gasteiger partial charge in [0.05, 0.1) is 0 Å². The fraction of sp³-hybridized carbons (Fsp3) is 0.217. The first-order chi connectivity index (χ1) is 13.6. The largest absolute Gasteiger partial charge is 0.374 e. The molecule has 28 heavy (non-hydrogen) atoms. The molecular formula is C23H23N3O2. The summed E-state index contributed by atoms with van der Waals surface area (Å²) in [6, 6.07) is 21.2. The molecule has 2 N–H and O–H groups in total. The van der Waals surface area contributed by atoms with Crippen molar-refractivity contribution in [2.75, 3.05) is 22.1 Å². The van der Waals surface area contributed by atoms with Gasteiger partial charge in [-0.15, -0.1) is 0 Å². The van der Waals surface area contributed by atoms with Gasteiger partial charge >= 0.3 is 0 Å². The maximum Gasteiger partial charge on any atom is 0.246 e. The molecule has 1 saturated heterocycles. The van der Waals surface area contributed by atoms with Crippen molar-refractivity contribution in [3.63, 3.8) is 0 Å². The highest BCUT2D eigenvalue weighted by atomic mass is 16.2. The predicted octanol–water partition coefficient (Wildman–Crippen LogP) is 4.41. The molecule has 1 heterocycles. The average molecular weight is 373 g/mol. The van der Waals surface area contributed by atoms with Crippen molar-refractivity contribution in [2.24, 2.45) is 0 Å². The molecule has 0 spiro atoms. The van der Waals surface area contributed by atoms with Crippen LogP contribution in [0.25, 0.3) is 10.8 Å². The molecule has 1 aliphatic rings. The van der Waals surface area contributed by atoms with E-state index < -0.39 is 6.04 Å². The third kappa shape index (κ3) is 3.83. The van der Waals surface area contributed by atoms with Crippen molar-refractivity contribution in [3.8, 4) is 0 Å². The van der Waals surface area contributed by atoms with Crippen LogP contribution in [0.4, 0.5) is 17.1 Å². The summed E-state index contributed by atoms with van der Waals surface area (Å²) < 4.78 is 0. The number of nitrogens with zero attached hydrogens (tertiary/aromatic N) is 1. The van der Waals surface area contributed by atoms with Crippen LogP contribution < -0.4 is 15.5 Å². The Labute approximate surface area is 164 Å². The first kappa shape index (κ1) is 18.0. The molecule has 5 nitrogen and oxygen atoms in total. The lowest BCUT2D eigenvalue weighted by Crippen LogP contribution is -2.31. The number of nitrogens with one attached hydrogen (secondary N) is 2. The van der Waals surface area contributed by atoms with E-state index in [1.54, 1.807) is 4.90 Å². The maximum absolute atomic E-state index is 12.5. The Hall–Kier alpha value is -3.34. The monoisotopic (exact) mass is 373 g/mol. The number of carbonyl (C=O) groups is 2. The van der Waals surface area contributed by atoms with Crippen LogP contribution in [0.15, 0.2) is 66.7 Å². The lowest BCUT2D eigenvalue weighted by Gasteiger charge is -2.18. The molecule has 142 valence electrons. The van der Waals surface area contributed by atoms with Gasteiger partial charge in [0.15, 0.2) is 0 Å². The normalized spacial score (nSPS) is 14.9. The number of anilines is 3. The van der Waals surface area contributed by atoms with Gasteiger partial charge in [0, 0.05) is 30.0 Å². The Bertz CT molecular complexity index is 1010. The van der Waals surface area contributed by atoms with E-state index in [0.29, 0.717) is 6.42 Å². The third-order valence-corrected chi connectivity index (χ3v) is 5.05. The molecule has 0 aromatic heterocycles. The standard InChI is InChI=1S/C23H23N3O2/c1-16(23(28)25-20-9-8-17-5-2-3-6-18(17)15-20)24-19-10-12-21(13-11-19)26-14-4-7-22(26)27/h2-3,5-6,8-13,15-16,24H,4,7,14H2,1H3,(H,25,28)/t16-/m1/s1. The Morgan fingerprint density at radius 1 is 0.964 bits per heavy atom. The van der Waals surface area contributed by atoms with Gasteiger partial charge in [0.1, 0.15) is 6.04 Å². The molecular weight excluding hydrogens is 350 g/mol. The quantitative estimate of drug-likeness (QED) is 0.697. The summed E-state index contributed by atoms with van der Waals surface area (Å²) in [7, 11) is 0. The van der Waals surface area contributed by atoms with Crippen LogP contribution in [0.5, 0.6) is 0 Å². The van der Waals surface area contributed by atoms with E-state index in [1.165, 1.54) is 0 Å². The average Bonchev–Trinajstić information content (AvgIpc) is 3.14. The molecule has 0 bridgehead atoms. The second kappa shape index (κ2) is 7.72. The minimum absolute atomic E-state index is 0.103. The van der Waals surface area contributed by atoms with Gasteiger partial charge in [-0.1, -0.05) is 30.3 Å². The number of amides is 2. The summed E-state index contributed by atoms with van der Waals surface area (Å²) in [6.07, 6.45) is 1.52. The number of benzene rings is 3. The smallest absolute Gasteiger partial charge is 0.246 e. The van der Waals surface area contributed by atoms with Crippen molar-refractivity contribution < 1.29 is 9.59 Å². The van der Waals surface area contributed by atoms with Gasteiger partial charge in [0.25, 0.3) is 0 Å². The van der Waals surface area contributed by atoms with Crippen molar-refractivity contribution in [3.05, 3.63) is 66.7 Å². The second-order valence-corrected chi connectivity index (χ2v) is 7.11. The van der Waals surface area contributed by atoms with Gasteiger partial charge in [0.2, 0.25) is 11.8 Å². The van der Waals surface area contributed by atoms with Crippen LogP contribution >= 0.6 is 0 Å². The first-order valence-corrected chi connectivity index (χ1v) is 9.57. The van der Waals surface area contributed by atoms with Crippen LogP contribution in [-0.4, -0.2) is 24.4 Å². The molecule has 1 fully saturated rings. The molecule has 0 saturated carbocycles. The highest BCUT2D eigenvalue weighted by molar-refractivity contribution is 5.98. The molecule has 1 atom stereocenters. The van der Waals surface area contributed by atoms with E-state index in [9.17, 15) is 9.59 Å². The summed E-state index contributed by atoms with van der Waals surface area (Å²) in [6.45, 7) is 2.60. The number of hydrogen-bond acceptors (Lipinski definition) is 3. The zero-order valence-corrected chi connectivity index (χ0v) is 15.8. The molecule has 0 radical (unpaired) electrons. The SMILES string of the molecule is C[C@@H](Nc1ccc(N2CCCC2=O)cc1)C(=O)Nc1ccc2ccccc2c1. The molecule has 3 aromatic rings. The zero-order chi connectivity index (χ0) is 19.5. The molecule has 2 amide bonds. The van der Waals surface area contributed by atoms with E-state index in [4.69, 9.17) is 0 Å². The third-order valence-electron chi connectivity index (χ3n) is 5.05. The van der Waals surface area contributed by atoms with Crippen LogP contribution in [0.3, 0.4) is 0 Å². The zero-order valence-electron chi connectivity index (χ0n) is 15.8. The summed E-state index contributed by atoms with van der Waals surface area (Å²) in [5, 5.41) is 8.41. The fourth-order valence-electron chi connectivity index (χ4n) is 3.49. The topological polar surface area (TPSA) is 61.4 Å². The molecule has 0 unspecified atom stereocenters.